The fourth-order valence-electron chi connectivity index (χ4n) is 1.01. The van der Waals surface area contributed by atoms with Crippen molar-refractivity contribution in [2.75, 3.05) is 0 Å². The van der Waals surface area contributed by atoms with Gasteiger partial charge in [-0.1, -0.05) is 0 Å². The Balaban J connectivity index is 2.82. The van der Waals surface area contributed by atoms with Crippen molar-refractivity contribution in [1.82, 2.24) is 4.98 Å². The van der Waals surface area contributed by atoms with Crippen molar-refractivity contribution in [1.29, 1.82) is 0 Å². The van der Waals surface area contributed by atoms with E-state index < -0.39 is 0 Å². The van der Waals surface area contributed by atoms with Gasteiger partial charge in [0.2, 0.25) is 0 Å². The maximum atomic E-state index is 10.4. The van der Waals surface area contributed by atoms with Gasteiger partial charge in [0, 0.05) is 17.8 Å². The maximum absolute atomic E-state index is 10.4. The molecule has 0 N–H and O–H groups in total. The molecule has 0 saturated carbocycles. The van der Waals surface area contributed by atoms with Crippen LogP contribution in [0.25, 0.3) is 11.0 Å². The van der Waals surface area contributed by atoms with Crippen LogP contribution in [0, 0.1) is 3.57 Å². The standard InChI is InChI=1S/C8H4INO2/c9-7-3-10-2-5-1-6(4-11)12-8(5)7/h1-4H. The second-order valence-electron chi connectivity index (χ2n) is 2.31. The smallest absolute Gasteiger partial charge is 0.185 e. The molecule has 0 radical (unpaired) electrons. The van der Waals surface area contributed by atoms with E-state index in [9.17, 15) is 4.79 Å². The molecule has 0 spiro atoms. The first-order chi connectivity index (χ1) is 5.81. The lowest BCUT2D eigenvalue weighted by Crippen LogP contribution is -1.74. The van der Waals surface area contributed by atoms with Crippen molar-refractivity contribution in [2.24, 2.45) is 0 Å². The van der Waals surface area contributed by atoms with Crippen molar-refractivity contribution >= 4 is 39.8 Å². The highest BCUT2D eigenvalue weighted by Gasteiger charge is 2.05. The molecule has 0 unspecified atom stereocenters. The van der Waals surface area contributed by atoms with Crippen LogP contribution in [0.3, 0.4) is 0 Å². The fourth-order valence-corrected chi connectivity index (χ4v) is 1.59. The number of carbonyl (C=O) groups is 1. The van der Waals surface area contributed by atoms with Crippen molar-refractivity contribution in [3.8, 4) is 0 Å². The summed E-state index contributed by atoms with van der Waals surface area (Å²) in [6, 6.07) is 1.68. The first kappa shape index (κ1) is 7.72. The predicted molar refractivity (Wildman–Crippen MR) is 52.1 cm³/mol. The van der Waals surface area contributed by atoms with Crippen LogP contribution < -0.4 is 0 Å². The van der Waals surface area contributed by atoms with Gasteiger partial charge in [-0.05, 0) is 28.7 Å². The molecule has 0 aliphatic carbocycles. The fraction of sp³-hybridized carbons (Fsp3) is 0. The van der Waals surface area contributed by atoms with E-state index in [2.05, 4.69) is 27.6 Å². The van der Waals surface area contributed by atoms with Gasteiger partial charge in [-0.15, -0.1) is 0 Å². The third-order valence-corrected chi connectivity index (χ3v) is 2.28. The number of furan rings is 1. The third-order valence-electron chi connectivity index (χ3n) is 1.51. The van der Waals surface area contributed by atoms with Gasteiger partial charge < -0.3 is 4.42 Å². The van der Waals surface area contributed by atoms with Gasteiger partial charge in [0.25, 0.3) is 0 Å². The van der Waals surface area contributed by atoms with Crippen molar-refractivity contribution in [3.63, 3.8) is 0 Å². The maximum Gasteiger partial charge on any atom is 0.185 e. The Kier molecular flexibility index (Phi) is 1.84. The molecule has 0 aliphatic heterocycles. The van der Waals surface area contributed by atoms with E-state index in [1.807, 2.05) is 0 Å². The van der Waals surface area contributed by atoms with Gasteiger partial charge in [-0.3, -0.25) is 9.78 Å². The minimum absolute atomic E-state index is 0.343. The number of carbonyl (C=O) groups excluding carboxylic acids is 1. The zero-order valence-electron chi connectivity index (χ0n) is 5.95. The summed E-state index contributed by atoms with van der Waals surface area (Å²) in [4.78, 5) is 14.3. The molecule has 0 amide bonds. The molecule has 0 bridgehead atoms. The summed E-state index contributed by atoms with van der Waals surface area (Å²) in [5.74, 6) is 0.343. The molecule has 3 nitrogen and oxygen atoms in total. The van der Waals surface area contributed by atoms with E-state index >= 15 is 0 Å². The Hall–Kier alpha value is -0.910. The van der Waals surface area contributed by atoms with Crippen LogP contribution in [0.5, 0.6) is 0 Å². The van der Waals surface area contributed by atoms with Gasteiger partial charge in [-0.2, -0.15) is 0 Å². The van der Waals surface area contributed by atoms with Crippen LogP contribution >= 0.6 is 22.6 Å². The number of halogens is 1. The van der Waals surface area contributed by atoms with Gasteiger partial charge >= 0.3 is 0 Å². The number of aldehydes is 1. The lowest BCUT2D eigenvalue weighted by atomic mass is 10.3. The van der Waals surface area contributed by atoms with Crippen LogP contribution in [-0.2, 0) is 0 Å². The summed E-state index contributed by atoms with van der Waals surface area (Å²) in [5, 5.41) is 0.865. The highest BCUT2D eigenvalue weighted by Crippen LogP contribution is 2.21. The summed E-state index contributed by atoms with van der Waals surface area (Å²) >= 11 is 2.12. The van der Waals surface area contributed by atoms with E-state index in [4.69, 9.17) is 4.42 Å². The molecule has 0 aliphatic rings. The van der Waals surface area contributed by atoms with Crippen molar-refractivity contribution < 1.29 is 9.21 Å². The normalized spacial score (nSPS) is 10.4. The van der Waals surface area contributed by atoms with Crippen molar-refractivity contribution in [3.05, 3.63) is 27.8 Å². The summed E-state index contributed by atoms with van der Waals surface area (Å²) < 4.78 is 6.15. The SMILES string of the molecule is O=Cc1cc2cncc(I)c2o1. The van der Waals surface area contributed by atoms with Gasteiger partial charge in [0.1, 0.15) is 0 Å². The minimum Gasteiger partial charge on any atom is -0.452 e. The van der Waals surface area contributed by atoms with E-state index in [0.29, 0.717) is 12.0 Å². The van der Waals surface area contributed by atoms with Gasteiger partial charge in [-0.25, -0.2) is 0 Å². The zero-order chi connectivity index (χ0) is 8.55. The Labute approximate surface area is 81.9 Å². The molecule has 2 aromatic heterocycles. The molecule has 2 rings (SSSR count). The second-order valence-corrected chi connectivity index (χ2v) is 3.47. The average Bonchev–Trinajstić information content (AvgIpc) is 2.49. The molecule has 60 valence electrons. The van der Waals surface area contributed by atoms with Crippen LogP contribution in [-0.4, -0.2) is 11.3 Å². The molecule has 12 heavy (non-hydrogen) atoms. The molecule has 0 atom stereocenters. The Bertz CT molecular complexity index is 436. The Morgan fingerprint density at radius 3 is 3.00 bits per heavy atom. The molecule has 2 aromatic rings. The second kappa shape index (κ2) is 2.85. The number of hydrogen-bond acceptors (Lipinski definition) is 3. The highest BCUT2D eigenvalue weighted by atomic mass is 127. The van der Waals surface area contributed by atoms with Gasteiger partial charge in [0.15, 0.2) is 17.6 Å². The number of aromatic nitrogens is 1. The molecule has 2 heterocycles. The number of rotatable bonds is 1. The zero-order valence-corrected chi connectivity index (χ0v) is 8.11. The van der Waals surface area contributed by atoms with Crippen LogP contribution in [0.4, 0.5) is 0 Å². The average molecular weight is 273 g/mol. The monoisotopic (exact) mass is 273 g/mol. The Morgan fingerprint density at radius 2 is 2.33 bits per heavy atom. The lowest BCUT2D eigenvalue weighted by molar-refractivity contribution is 0.110. The highest BCUT2D eigenvalue weighted by molar-refractivity contribution is 14.1. The number of nitrogens with zero attached hydrogens (tertiary/aromatic N) is 1. The molecular weight excluding hydrogens is 269 g/mol. The number of hydrogen-bond donors (Lipinski definition) is 0. The Morgan fingerprint density at radius 1 is 1.50 bits per heavy atom. The molecule has 0 fully saturated rings. The van der Waals surface area contributed by atoms with Gasteiger partial charge in [0.05, 0.1) is 3.57 Å². The lowest BCUT2D eigenvalue weighted by Gasteiger charge is -1.88. The first-order valence-electron chi connectivity index (χ1n) is 3.29. The summed E-state index contributed by atoms with van der Waals surface area (Å²) in [6.07, 6.45) is 4.06. The molecule has 4 heteroatoms. The molecule has 0 saturated heterocycles. The van der Waals surface area contributed by atoms with E-state index in [-0.39, 0.29) is 0 Å². The van der Waals surface area contributed by atoms with E-state index in [1.165, 1.54) is 0 Å². The third kappa shape index (κ3) is 1.12. The van der Waals surface area contributed by atoms with E-state index in [0.717, 1.165) is 14.5 Å². The molecular formula is C8H4INO2. The number of pyridine rings is 1. The summed E-state index contributed by atoms with van der Waals surface area (Å²) in [5.41, 5.74) is 0.729. The summed E-state index contributed by atoms with van der Waals surface area (Å²) in [7, 11) is 0. The first-order valence-corrected chi connectivity index (χ1v) is 4.37. The molecule has 0 aromatic carbocycles. The number of fused-ring (bicyclic) bond motifs is 1. The van der Waals surface area contributed by atoms with Crippen molar-refractivity contribution in [2.45, 2.75) is 0 Å². The van der Waals surface area contributed by atoms with Crippen LogP contribution in [0.1, 0.15) is 10.6 Å². The van der Waals surface area contributed by atoms with Crippen LogP contribution in [0.15, 0.2) is 22.9 Å². The summed E-state index contributed by atoms with van der Waals surface area (Å²) in [6.45, 7) is 0. The van der Waals surface area contributed by atoms with E-state index in [1.54, 1.807) is 18.5 Å². The van der Waals surface area contributed by atoms with Crippen LogP contribution in [0.2, 0.25) is 0 Å². The topological polar surface area (TPSA) is 43.1 Å². The quantitative estimate of drug-likeness (QED) is 0.591. The predicted octanol–water partition coefficient (Wildman–Crippen LogP) is 2.24. The minimum atomic E-state index is 0.343. The largest absolute Gasteiger partial charge is 0.452 e.